The molecule has 2 aromatic rings. The van der Waals surface area contributed by atoms with E-state index in [4.69, 9.17) is 9.47 Å². The normalized spacial score (nSPS) is 23.2. The summed E-state index contributed by atoms with van der Waals surface area (Å²) in [5.74, 6) is -0.392. The number of benzene rings is 2. The Labute approximate surface area is 171 Å². The molecule has 2 fully saturated rings. The van der Waals surface area contributed by atoms with Gasteiger partial charge in [-0.1, -0.05) is 78.1 Å². The van der Waals surface area contributed by atoms with Crippen LogP contribution >= 0.6 is 7.92 Å². The molecule has 0 amide bonds. The van der Waals surface area contributed by atoms with E-state index in [9.17, 15) is 0 Å². The van der Waals surface area contributed by atoms with Crippen molar-refractivity contribution in [2.45, 2.75) is 70.5 Å². The molecule has 2 saturated heterocycles. The monoisotopic (exact) mass is 396 g/mol. The summed E-state index contributed by atoms with van der Waals surface area (Å²) < 4.78 is 12.4. The number of hydrogen-bond donors (Lipinski definition) is 0. The quantitative estimate of drug-likeness (QED) is 0.565. The van der Waals surface area contributed by atoms with Crippen LogP contribution in [-0.2, 0) is 9.47 Å². The van der Waals surface area contributed by atoms with Crippen LogP contribution < -0.4 is 5.30 Å². The van der Waals surface area contributed by atoms with Gasteiger partial charge in [0.15, 0.2) is 5.79 Å². The topological polar surface area (TPSA) is 18.5 Å². The van der Waals surface area contributed by atoms with Gasteiger partial charge in [0.25, 0.3) is 0 Å². The Hall–Kier alpha value is -1.21. The van der Waals surface area contributed by atoms with E-state index in [0.29, 0.717) is 0 Å². The van der Waals surface area contributed by atoms with Gasteiger partial charge in [0.2, 0.25) is 0 Å². The molecule has 4 rings (SSSR count). The van der Waals surface area contributed by atoms with Crippen molar-refractivity contribution in [3.8, 4) is 11.1 Å². The molecule has 0 aromatic heterocycles. The van der Waals surface area contributed by atoms with Crippen LogP contribution in [0.15, 0.2) is 42.5 Å². The van der Waals surface area contributed by atoms with E-state index in [0.717, 1.165) is 26.1 Å². The lowest BCUT2D eigenvalue weighted by Crippen LogP contribution is -2.52. The van der Waals surface area contributed by atoms with Crippen LogP contribution in [0.4, 0.5) is 0 Å². The summed E-state index contributed by atoms with van der Waals surface area (Å²) in [6.07, 6.45) is 1.94. The fourth-order valence-corrected chi connectivity index (χ4v) is 10.3. The summed E-state index contributed by atoms with van der Waals surface area (Å²) in [7, 11) is -0.437. The average molecular weight is 397 g/mol. The lowest BCUT2D eigenvalue weighted by atomic mass is 9.91. The van der Waals surface area contributed by atoms with Crippen LogP contribution in [0, 0.1) is 13.8 Å². The van der Waals surface area contributed by atoms with E-state index < -0.39 is 13.7 Å². The first-order chi connectivity index (χ1) is 13.2. The molecule has 2 nitrogen and oxygen atoms in total. The van der Waals surface area contributed by atoms with Crippen LogP contribution in [0.25, 0.3) is 11.1 Å². The standard InChI is InChI=1S/C25H33O2P/c1-18-12-13-19(2)22(21(18)20-10-8-7-9-11-20)28-23(3,4)16-25(17-24(28,5)6)26-14-15-27-25/h7-13H,14-17H2,1-6H3. The van der Waals surface area contributed by atoms with Crippen molar-refractivity contribution in [3.05, 3.63) is 53.6 Å². The van der Waals surface area contributed by atoms with E-state index in [2.05, 4.69) is 84.0 Å². The molecule has 0 atom stereocenters. The Balaban J connectivity index is 1.90. The molecule has 2 aliphatic rings. The van der Waals surface area contributed by atoms with Gasteiger partial charge in [-0.25, -0.2) is 0 Å². The summed E-state index contributed by atoms with van der Waals surface area (Å²) in [5, 5.41) is 1.83. The van der Waals surface area contributed by atoms with Gasteiger partial charge in [-0.05, 0) is 51.7 Å². The first-order valence-corrected chi connectivity index (χ1v) is 11.7. The molecule has 0 bridgehead atoms. The number of hydrogen-bond acceptors (Lipinski definition) is 2. The highest BCUT2D eigenvalue weighted by Crippen LogP contribution is 2.69. The van der Waals surface area contributed by atoms with E-state index in [1.165, 1.54) is 22.3 Å². The van der Waals surface area contributed by atoms with Crippen molar-refractivity contribution in [2.24, 2.45) is 0 Å². The second-order valence-electron chi connectivity index (χ2n) is 9.71. The van der Waals surface area contributed by atoms with Crippen LogP contribution in [-0.4, -0.2) is 29.3 Å². The number of aryl methyl sites for hydroxylation is 2. The molecule has 28 heavy (non-hydrogen) atoms. The molecular weight excluding hydrogens is 363 g/mol. The summed E-state index contributed by atoms with van der Waals surface area (Å²) in [6.45, 7) is 15.7. The zero-order valence-corrected chi connectivity index (χ0v) is 19.0. The van der Waals surface area contributed by atoms with E-state index in [-0.39, 0.29) is 10.3 Å². The second kappa shape index (κ2) is 6.94. The maximum absolute atomic E-state index is 6.19. The largest absolute Gasteiger partial charge is 0.347 e. The maximum atomic E-state index is 6.19. The summed E-state index contributed by atoms with van der Waals surface area (Å²) in [6, 6.07) is 15.5. The molecule has 1 spiro atoms. The minimum absolute atomic E-state index is 0.128. The highest BCUT2D eigenvalue weighted by molar-refractivity contribution is 7.69. The van der Waals surface area contributed by atoms with E-state index in [1.54, 1.807) is 5.30 Å². The zero-order chi connectivity index (χ0) is 20.2. The molecular formula is C25H33O2P. The van der Waals surface area contributed by atoms with E-state index in [1.807, 2.05) is 0 Å². The van der Waals surface area contributed by atoms with Gasteiger partial charge in [-0.15, -0.1) is 0 Å². The highest BCUT2D eigenvalue weighted by Gasteiger charge is 2.57. The molecule has 2 aliphatic heterocycles. The summed E-state index contributed by atoms with van der Waals surface area (Å²) in [5.41, 5.74) is 5.56. The molecule has 0 radical (unpaired) electrons. The van der Waals surface area contributed by atoms with Gasteiger partial charge in [0.1, 0.15) is 0 Å². The molecule has 150 valence electrons. The molecule has 2 aromatic carbocycles. The van der Waals surface area contributed by atoms with Crippen molar-refractivity contribution in [2.75, 3.05) is 13.2 Å². The minimum atomic E-state index is -0.437. The van der Waals surface area contributed by atoms with Crippen molar-refractivity contribution in [3.63, 3.8) is 0 Å². The maximum Gasteiger partial charge on any atom is 0.170 e. The molecule has 0 aliphatic carbocycles. The van der Waals surface area contributed by atoms with Crippen molar-refractivity contribution >= 4 is 13.2 Å². The van der Waals surface area contributed by atoms with Gasteiger partial charge in [0.05, 0.1) is 13.2 Å². The highest BCUT2D eigenvalue weighted by atomic mass is 31.1. The number of rotatable bonds is 2. The summed E-state index contributed by atoms with van der Waals surface area (Å²) >= 11 is 0. The molecule has 0 N–H and O–H groups in total. The van der Waals surface area contributed by atoms with Crippen molar-refractivity contribution < 1.29 is 9.47 Å². The Morgan fingerprint density at radius 3 is 1.86 bits per heavy atom. The van der Waals surface area contributed by atoms with Crippen LogP contribution in [0.1, 0.15) is 51.7 Å². The smallest absolute Gasteiger partial charge is 0.170 e. The Morgan fingerprint density at radius 2 is 1.29 bits per heavy atom. The van der Waals surface area contributed by atoms with Crippen LogP contribution in [0.2, 0.25) is 0 Å². The van der Waals surface area contributed by atoms with Gasteiger partial charge in [0, 0.05) is 12.8 Å². The molecule has 0 saturated carbocycles. The minimum Gasteiger partial charge on any atom is -0.347 e. The predicted molar refractivity (Wildman–Crippen MR) is 120 cm³/mol. The van der Waals surface area contributed by atoms with Crippen molar-refractivity contribution in [1.82, 2.24) is 0 Å². The third-order valence-corrected chi connectivity index (χ3v) is 10.1. The number of ether oxygens (including phenoxy) is 2. The molecule has 0 unspecified atom stereocenters. The average Bonchev–Trinajstić information content (AvgIpc) is 3.03. The molecule has 3 heteroatoms. The van der Waals surface area contributed by atoms with Crippen molar-refractivity contribution in [1.29, 1.82) is 0 Å². The van der Waals surface area contributed by atoms with Gasteiger partial charge >= 0.3 is 0 Å². The van der Waals surface area contributed by atoms with Gasteiger partial charge < -0.3 is 9.47 Å². The second-order valence-corrected chi connectivity index (χ2v) is 13.2. The molecule has 2 heterocycles. The zero-order valence-electron chi connectivity index (χ0n) is 18.1. The fraction of sp³-hybridized carbons (Fsp3) is 0.520. The third kappa shape index (κ3) is 3.34. The Kier molecular flexibility index (Phi) is 4.98. The van der Waals surface area contributed by atoms with Crippen LogP contribution in [0.3, 0.4) is 0 Å². The lowest BCUT2D eigenvalue weighted by molar-refractivity contribution is -0.178. The van der Waals surface area contributed by atoms with Gasteiger partial charge in [-0.3, -0.25) is 0 Å². The van der Waals surface area contributed by atoms with Gasteiger partial charge in [-0.2, -0.15) is 0 Å². The van der Waals surface area contributed by atoms with E-state index >= 15 is 0 Å². The predicted octanol–water partition coefficient (Wildman–Crippen LogP) is 6.17. The Morgan fingerprint density at radius 1 is 0.750 bits per heavy atom. The first-order valence-electron chi connectivity index (χ1n) is 10.4. The Bertz CT molecular complexity index is 844. The first kappa shape index (κ1) is 20.1. The third-order valence-electron chi connectivity index (χ3n) is 6.30. The van der Waals surface area contributed by atoms with Crippen LogP contribution in [0.5, 0.6) is 0 Å². The summed E-state index contributed by atoms with van der Waals surface area (Å²) in [4.78, 5) is 0. The fourth-order valence-electron chi connectivity index (χ4n) is 5.72. The SMILES string of the molecule is Cc1ccc(C)c(P2C(C)(C)CC3(CC2(C)C)OCCO3)c1-c1ccccc1. The lowest BCUT2D eigenvalue weighted by Gasteiger charge is -2.56.